The number of hydrogen-bond acceptors (Lipinski definition) is 8. The minimum absolute atomic E-state index is 0.0416. The van der Waals surface area contributed by atoms with Gasteiger partial charge in [-0.05, 0) is 36.4 Å². The summed E-state index contributed by atoms with van der Waals surface area (Å²) in [5.41, 5.74) is 3.92. The van der Waals surface area contributed by atoms with Crippen LogP contribution in [0.15, 0.2) is 46.4 Å². The van der Waals surface area contributed by atoms with Gasteiger partial charge in [0.25, 0.3) is 21.9 Å². The van der Waals surface area contributed by atoms with Gasteiger partial charge in [-0.25, -0.2) is 9.59 Å². The van der Waals surface area contributed by atoms with Crippen molar-refractivity contribution < 1.29 is 42.4 Å². The number of amidine groups is 1. The lowest BCUT2D eigenvalue weighted by atomic mass is 10.0. The van der Waals surface area contributed by atoms with Gasteiger partial charge in [-0.1, -0.05) is 0 Å². The molecule has 14 heteroatoms. The Hall–Kier alpha value is -4.30. The van der Waals surface area contributed by atoms with Crippen LogP contribution in [-0.2, 0) is 14.9 Å². The van der Waals surface area contributed by atoms with Gasteiger partial charge in [0.05, 0.1) is 28.9 Å². The summed E-state index contributed by atoms with van der Waals surface area (Å²) < 4.78 is 32.1. The average Bonchev–Trinajstić information content (AvgIpc) is 3.06. The van der Waals surface area contributed by atoms with Gasteiger partial charge < -0.3 is 21.3 Å². The Morgan fingerprint density at radius 2 is 1.69 bits per heavy atom. The number of carboxylic acids is 2. The molecule has 0 fully saturated rings. The maximum atomic E-state index is 12.4. The van der Waals surface area contributed by atoms with Crippen molar-refractivity contribution in [3.63, 3.8) is 0 Å². The number of hydrazone groups is 1. The molecule has 6 N–H and O–H groups in total. The summed E-state index contributed by atoms with van der Waals surface area (Å²) in [6.07, 6.45) is -0.379. The topological polar surface area (TPSA) is 217 Å². The van der Waals surface area contributed by atoms with E-state index in [9.17, 15) is 32.1 Å². The van der Waals surface area contributed by atoms with Gasteiger partial charge in [0.2, 0.25) is 0 Å². The van der Waals surface area contributed by atoms with Crippen molar-refractivity contribution in [1.29, 1.82) is 0 Å². The fourth-order valence-electron chi connectivity index (χ4n) is 2.83. The standard InChI is InChI=1S/C18H14N4O9S/c19-12-4-2-9(6-13(12)32(29,30)31)22-15(23)7-14(21-22)20-16(24)8-1-3-10(17(25)26)11(5-8)18(27)28/h1-6H,7,19H2,(H,25,26)(H,27,28)(H,20,21,24)(H,29,30,31). The van der Waals surface area contributed by atoms with E-state index in [-0.39, 0.29) is 29.2 Å². The van der Waals surface area contributed by atoms with E-state index >= 15 is 0 Å². The molecule has 2 aromatic carbocycles. The molecule has 2 aromatic rings. The maximum absolute atomic E-state index is 12.4. The molecule has 0 atom stereocenters. The Kier molecular flexibility index (Phi) is 5.66. The van der Waals surface area contributed by atoms with Crippen LogP contribution in [0.3, 0.4) is 0 Å². The zero-order valence-corrected chi connectivity index (χ0v) is 16.7. The quantitative estimate of drug-likeness (QED) is 0.304. The number of nitrogens with zero attached hydrogens (tertiary/aromatic N) is 2. The number of anilines is 2. The van der Waals surface area contributed by atoms with E-state index in [1.165, 1.54) is 6.07 Å². The van der Waals surface area contributed by atoms with E-state index in [1.54, 1.807) is 0 Å². The minimum Gasteiger partial charge on any atom is -0.478 e. The number of rotatable bonds is 5. The number of nitrogens with one attached hydrogen (secondary N) is 1. The van der Waals surface area contributed by atoms with Crippen LogP contribution in [0.2, 0.25) is 0 Å². The van der Waals surface area contributed by atoms with Crippen molar-refractivity contribution in [1.82, 2.24) is 5.32 Å². The van der Waals surface area contributed by atoms with Crippen LogP contribution in [0.25, 0.3) is 0 Å². The number of nitrogens with two attached hydrogens (primary N) is 1. The predicted octanol–water partition coefficient (Wildman–Crippen LogP) is 0.392. The van der Waals surface area contributed by atoms with Gasteiger partial charge >= 0.3 is 11.9 Å². The number of carbonyl (C=O) groups excluding carboxylic acids is 2. The van der Waals surface area contributed by atoms with E-state index in [1.807, 2.05) is 0 Å². The third-order valence-corrected chi connectivity index (χ3v) is 5.21. The Balaban J connectivity index is 1.87. The van der Waals surface area contributed by atoms with Crippen molar-refractivity contribution in [2.75, 3.05) is 10.7 Å². The van der Waals surface area contributed by atoms with E-state index in [0.29, 0.717) is 0 Å². The minimum atomic E-state index is -4.66. The zero-order chi connectivity index (χ0) is 23.8. The number of carbonyl (C=O) groups is 4. The fourth-order valence-corrected chi connectivity index (χ4v) is 3.47. The highest BCUT2D eigenvalue weighted by atomic mass is 32.2. The molecule has 0 spiro atoms. The normalized spacial score (nSPS) is 13.6. The molecule has 0 saturated carbocycles. The summed E-state index contributed by atoms with van der Waals surface area (Å²) in [5, 5.41) is 25.2. The zero-order valence-electron chi connectivity index (χ0n) is 15.8. The van der Waals surface area contributed by atoms with Crippen LogP contribution in [0.1, 0.15) is 37.5 Å². The van der Waals surface area contributed by atoms with E-state index in [2.05, 4.69) is 10.4 Å². The largest absolute Gasteiger partial charge is 0.478 e. The Morgan fingerprint density at radius 3 is 2.28 bits per heavy atom. The first-order valence-electron chi connectivity index (χ1n) is 8.58. The highest BCUT2D eigenvalue weighted by Gasteiger charge is 2.28. The van der Waals surface area contributed by atoms with Gasteiger partial charge in [0.15, 0.2) is 0 Å². The van der Waals surface area contributed by atoms with Crippen LogP contribution < -0.4 is 16.1 Å². The molecule has 13 nitrogen and oxygen atoms in total. The van der Waals surface area contributed by atoms with Crippen molar-refractivity contribution in [2.24, 2.45) is 5.10 Å². The number of aromatic carboxylic acids is 2. The molecule has 1 aliphatic rings. The Morgan fingerprint density at radius 1 is 1.03 bits per heavy atom. The van der Waals surface area contributed by atoms with Crippen LogP contribution in [0.4, 0.5) is 11.4 Å². The summed E-state index contributed by atoms with van der Waals surface area (Å²) in [7, 11) is -4.66. The Labute approximate surface area is 179 Å². The third-order valence-electron chi connectivity index (χ3n) is 4.30. The number of carboxylic acid groups (broad SMARTS) is 2. The lowest BCUT2D eigenvalue weighted by Gasteiger charge is -2.13. The third kappa shape index (κ3) is 4.40. The van der Waals surface area contributed by atoms with Crippen LogP contribution in [0.5, 0.6) is 0 Å². The molecule has 0 bridgehead atoms. The molecule has 0 aromatic heterocycles. The monoisotopic (exact) mass is 462 g/mol. The molecular formula is C18H14N4O9S. The van der Waals surface area contributed by atoms with Crippen LogP contribution in [-0.4, -0.2) is 52.8 Å². The van der Waals surface area contributed by atoms with E-state index in [4.69, 9.17) is 15.9 Å². The van der Waals surface area contributed by atoms with Gasteiger partial charge in [-0.3, -0.25) is 14.1 Å². The first kappa shape index (κ1) is 22.4. The molecule has 0 saturated heterocycles. The van der Waals surface area contributed by atoms with Crippen LogP contribution >= 0.6 is 0 Å². The van der Waals surface area contributed by atoms with E-state index in [0.717, 1.165) is 35.3 Å². The van der Waals surface area contributed by atoms with E-state index < -0.39 is 49.9 Å². The van der Waals surface area contributed by atoms with Crippen molar-refractivity contribution >= 4 is 51.1 Å². The fraction of sp³-hybridized carbons (Fsp3) is 0.0556. The molecule has 0 unspecified atom stereocenters. The van der Waals surface area contributed by atoms with Crippen molar-refractivity contribution in [3.8, 4) is 0 Å². The molecule has 1 aliphatic heterocycles. The number of benzene rings is 2. The van der Waals surface area contributed by atoms with Gasteiger partial charge in [-0.2, -0.15) is 18.5 Å². The van der Waals surface area contributed by atoms with Crippen LogP contribution in [0, 0.1) is 0 Å². The first-order valence-corrected chi connectivity index (χ1v) is 10.0. The molecule has 1 heterocycles. The van der Waals surface area contributed by atoms with Crippen molar-refractivity contribution in [2.45, 2.75) is 11.3 Å². The lowest BCUT2D eigenvalue weighted by Crippen LogP contribution is -2.30. The molecule has 0 aliphatic carbocycles. The second-order valence-electron chi connectivity index (χ2n) is 6.45. The summed E-state index contributed by atoms with van der Waals surface area (Å²) in [4.78, 5) is 46.5. The number of nitrogen functional groups attached to an aromatic ring is 1. The van der Waals surface area contributed by atoms with Gasteiger partial charge in [-0.15, -0.1) is 0 Å². The number of amides is 2. The first-order chi connectivity index (χ1) is 14.9. The molecule has 32 heavy (non-hydrogen) atoms. The summed E-state index contributed by atoms with van der Waals surface area (Å²) in [5.74, 6) is -4.66. The lowest BCUT2D eigenvalue weighted by molar-refractivity contribution is -0.116. The summed E-state index contributed by atoms with van der Waals surface area (Å²) in [6, 6.07) is 6.28. The summed E-state index contributed by atoms with van der Waals surface area (Å²) >= 11 is 0. The van der Waals surface area contributed by atoms with Crippen molar-refractivity contribution in [3.05, 3.63) is 53.1 Å². The second kappa shape index (κ2) is 8.09. The average molecular weight is 462 g/mol. The maximum Gasteiger partial charge on any atom is 0.336 e. The second-order valence-corrected chi connectivity index (χ2v) is 7.84. The van der Waals surface area contributed by atoms with Gasteiger partial charge in [0.1, 0.15) is 10.7 Å². The smallest absolute Gasteiger partial charge is 0.336 e. The molecule has 3 rings (SSSR count). The molecule has 2 amide bonds. The molecule has 166 valence electrons. The molecule has 0 radical (unpaired) electrons. The predicted molar refractivity (Wildman–Crippen MR) is 108 cm³/mol. The van der Waals surface area contributed by atoms with Gasteiger partial charge in [0, 0.05) is 5.56 Å². The highest BCUT2D eigenvalue weighted by Crippen LogP contribution is 2.27. The highest BCUT2D eigenvalue weighted by molar-refractivity contribution is 7.86. The Bertz CT molecular complexity index is 1320. The SMILES string of the molecule is Nc1ccc(N2N=C(NC(=O)c3ccc(C(=O)O)c(C(=O)O)c3)CC2=O)cc1S(=O)(=O)O. The molecular weight excluding hydrogens is 448 g/mol. The summed E-state index contributed by atoms with van der Waals surface area (Å²) in [6.45, 7) is 0. The number of hydrogen-bond donors (Lipinski definition) is 5.